The minimum Gasteiger partial charge on any atom is -0.463 e. The number of ether oxygens (including phenoxy) is 5. The summed E-state index contributed by atoms with van der Waals surface area (Å²) < 4.78 is 28.2. The van der Waals surface area contributed by atoms with Gasteiger partial charge in [0.25, 0.3) is 0 Å². The highest BCUT2D eigenvalue weighted by molar-refractivity contribution is 5.68. The molecule has 1 aromatic rings. The molecule has 0 aliphatic carbocycles. The lowest BCUT2D eigenvalue weighted by Gasteiger charge is -2.44. The molecule has 1 aliphatic heterocycles. The van der Waals surface area contributed by atoms with Crippen molar-refractivity contribution in [3.8, 4) is 0 Å². The number of aromatic nitrogens is 3. The van der Waals surface area contributed by atoms with Crippen LogP contribution in [0.3, 0.4) is 0 Å². The van der Waals surface area contributed by atoms with E-state index in [1.165, 1.54) is 24.7 Å². The van der Waals surface area contributed by atoms with Gasteiger partial charge in [0.1, 0.15) is 12.7 Å². The van der Waals surface area contributed by atoms with Gasteiger partial charge < -0.3 is 23.7 Å². The second-order valence-corrected chi connectivity index (χ2v) is 6.43. The maximum atomic E-state index is 11.7. The molecule has 0 amide bonds. The van der Waals surface area contributed by atoms with Crippen molar-refractivity contribution in [2.75, 3.05) is 6.61 Å². The van der Waals surface area contributed by atoms with Crippen LogP contribution in [0.5, 0.6) is 0 Å². The molecule has 29 heavy (non-hydrogen) atoms. The summed E-state index contributed by atoms with van der Waals surface area (Å²) in [6.45, 7) is 6.06. The molecule has 1 aliphatic rings. The first kappa shape index (κ1) is 22.3. The zero-order valence-corrected chi connectivity index (χ0v) is 16.7. The Kier molecular flexibility index (Phi) is 7.26. The van der Waals surface area contributed by atoms with E-state index in [-0.39, 0.29) is 6.61 Å². The number of hydrogen-bond acceptors (Lipinski definition) is 11. The van der Waals surface area contributed by atoms with Crippen molar-refractivity contribution in [2.45, 2.75) is 65.3 Å². The number of esters is 4. The van der Waals surface area contributed by atoms with Crippen LogP contribution in [0.25, 0.3) is 0 Å². The summed E-state index contributed by atoms with van der Waals surface area (Å²) in [5.74, 6) is -2.67. The molecule has 12 nitrogen and oxygen atoms in total. The molecule has 160 valence electrons. The normalized spacial score (nSPS) is 26.3. The number of hydrogen-bond donors (Lipinski definition) is 0. The van der Waals surface area contributed by atoms with Gasteiger partial charge in [-0.1, -0.05) is 5.21 Å². The third kappa shape index (κ3) is 5.98. The van der Waals surface area contributed by atoms with Gasteiger partial charge >= 0.3 is 23.9 Å². The molecule has 1 aromatic heterocycles. The molecule has 12 heteroatoms. The van der Waals surface area contributed by atoms with E-state index < -0.39 is 54.5 Å². The Morgan fingerprint density at radius 2 is 1.48 bits per heavy atom. The first-order valence-corrected chi connectivity index (χ1v) is 8.77. The predicted molar refractivity (Wildman–Crippen MR) is 92.0 cm³/mol. The molecule has 1 saturated heterocycles. The molecule has 0 bridgehead atoms. The van der Waals surface area contributed by atoms with Crippen molar-refractivity contribution in [2.24, 2.45) is 0 Å². The topological polar surface area (TPSA) is 145 Å². The van der Waals surface area contributed by atoms with E-state index in [0.29, 0.717) is 5.69 Å². The molecule has 0 N–H and O–H groups in total. The lowest BCUT2D eigenvalue weighted by Crippen LogP contribution is -2.60. The molecule has 0 aromatic carbocycles. The molecule has 1 fully saturated rings. The highest BCUT2D eigenvalue weighted by atomic mass is 16.7. The Hall–Kier alpha value is -3.02. The molecule has 2 heterocycles. The number of aryl methyl sites for hydroxylation is 1. The maximum absolute atomic E-state index is 11.7. The fraction of sp³-hybridized carbons (Fsp3) is 0.647. The number of carbonyl (C=O) groups excluding carboxylic acids is 4. The lowest BCUT2D eigenvalue weighted by molar-refractivity contribution is -0.270. The van der Waals surface area contributed by atoms with Crippen molar-refractivity contribution < 1.29 is 42.9 Å². The van der Waals surface area contributed by atoms with E-state index in [0.717, 1.165) is 13.8 Å². The van der Waals surface area contributed by atoms with Crippen LogP contribution in [-0.4, -0.2) is 69.9 Å². The Bertz CT molecular complexity index is 778. The van der Waals surface area contributed by atoms with E-state index >= 15 is 0 Å². The van der Waals surface area contributed by atoms with Crippen molar-refractivity contribution in [1.82, 2.24) is 15.0 Å². The molecule has 0 saturated carbocycles. The molecule has 5 atom stereocenters. The van der Waals surface area contributed by atoms with Gasteiger partial charge in [0.15, 0.2) is 24.5 Å². The Morgan fingerprint density at radius 1 is 0.931 bits per heavy atom. The maximum Gasteiger partial charge on any atom is 0.303 e. The Balaban J connectivity index is 2.49. The van der Waals surface area contributed by atoms with Crippen molar-refractivity contribution >= 4 is 23.9 Å². The van der Waals surface area contributed by atoms with Crippen molar-refractivity contribution in [3.05, 3.63) is 11.9 Å². The average Bonchev–Trinajstić information content (AvgIpc) is 3.01. The fourth-order valence-electron chi connectivity index (χ4n) is 2.91. The van der Waals surface area contributed by atoms with Crippen LogP contribution in [0.2, 0.25) is 0 Å². The minimum absolute atomic E-state index is 0.304. The van der Waals surface area contributed by atoms with Crippen molar-refractivity contribution in [3.63, 3.8) is 0 Å². The van der Waals surface area contributed by atoms with Crippen LogP contribution >= 0.6 is 0 Å². The third-order valence-corrected chi connectivity index (χ3v) is 3.85. The average molecular weight is 413 g/mol. The van der Waals surface area contributed by atoms with E-state index in [9.17, 15) is 19.2 Å². The monoisotopic (exact) mass is 413 g/mol. The zero-order chi connectivity index (χ0) is 21.7. The summed E-state index contributed by atoms with van der Waals surface area (Å²) in [5, 5.41) is 7.79. The van der Waals surface area contributed by atoms with Crippen LogP contribution in [0.4, 0.5) is 0 Å². The lowest BCUT2D eigenvalue weighted by atomic mass is 9.97. The molecular formula is C17H23N3O9. The van der Waals surface area contributed by atoms with Gasteiger partial charge in [0.2, 0.25) is 0 Å². The van der Waals surface area contributed by atoms with Gasteiger partial charge in [0.05, 0.1) is 11.9 Å². The van der Waals surface area contributed by atoms with E-state index in [2.05, 4.69) is 10.3 Å². The summed E-state index contributed by atoms with van der Waals surface area (Å²) in [4.78, 5) is 46.4. The first-order chi connectivity index (χ1) is 13.6. The molecule has 1 unspecified atom stereocenters. The summed E-state index contributed by atoms with van der Waals surface area (Å²) in [5.41, 5.74) is 0.554. The first-order valence-electron chi connectivity index (χ1n) is 8.77. The van der Waals surface area contributed by atoms with Crippen LogP contribution in [0, 0.1) is 6.92 Å². The van der Waals surface area contributed by atoms with Gasteiger partial charge in [-0.3, -0.25) is 19.2 Å². The largest absolute Gasteiger partial charge is 0.463 e. The van der Waals surface area contributed by atoms with Gasteiger partial charge in [-0.15, -0.1) is 5.10 Å². The second-order valence-electron chi connectivity index (χ2n) is 6.43. The quantitative estimate of drug-likeness (QED) is 0.453. The molecule has 2 rings (SSSR count). The summed E-state index contributed by atoms with van der Waals surface area (Å²) in [6.07, 6.45) is -4.26. The van der Waals surface area contributed by atoms with E-state index in [1.807, 2.05) is 0 Å². The molecular weight excluding hydrogens is 390 g/mol. The highest BCUT2D eigenvalue weighted by Gasteiger charge is 2.53. The fourth-order valence-corrected chi connectivity index (χ4v) is 2.91. The SMILES string of the molecule is CC(=O)OC[C@H]1OC(n2cc(C)nn2)[C@H](OC(C)=O)[C@@H](OC(C)=O)[C@@H]1OC(C)=O. The zero-order valence-electron chi connectivity index (χ0n) is 16.7. The standard InChI is InChI=1S/C17H23N3O9/c1-8-6-20(19-18-8)17-16(28-12(5)24)15(27-11(4)23)14(26-10(3)22)13(29-17)7-25-9(2)21/h6,13-17H,7H2,1-5H3/t13-,14-,15+,16-,17?/m1/s1. The predicted octanol–water partition coefficient (Wildman–Crippen LogP) is -0.158. The number of rotatable bonds is 6. The van der Waals surface area contributed by atoms with Crippen LogP contribution in [-0.2, 0) is 42.9 Å². The van der Waals surface area contributed by atoms with Crippen LogP contribution in [0.1, 0.15) is 39.6 Å². The smallest absolute Gasteiger partial charge is 0.303 e. The third-order valence-electron chi connectivity index (χ3n) is 3.85. The van der Waals surface area contributed by atoms with Gasteiger partial charge in [-0.25, -0.2) is 4.68 Å². The summed E-state index contributed by atoms with van der Waals surface area (Å²) >= 11 is 0. The van der Waals surface area contributed by atoms with Gasteiger partial charge in [0, 0.05) is 27.7 Å². The van der Waals surface area contributed by atoms with Crippen molar-refractivity contribution in [1.29, 1.82) is 0 Å². The number of nitrogens with zero attached hydrogens (tertiary/aromatic N) is 3. The second kappa shape index (κ2) is 9.45. The summed E-state index contributed by atoms with van der Waals surface area (Å²) in [7, 11) is 0. The highest BCUT2D eigenvalue weighted by Crippen LogP contribution is 2.34. The van der Waals surface area contributed by atoms with Crippen LogP contribution < -0.4 is 0 Å². The van der Waals surface area contributed by atoms with Crippen LogP contribution in [0.15, 0.2) is 6.20 Å². The van der Waals surface area contributed by atoms with Gasteiger partial charge in [-0.05, 0) is 6.92 Å². The Labute approximate surface area is 166 Å². The van der Waals surface area contributed by atoms with Gasteiger partial charge in [-0.2, -0.15) is 0 Å². The molecule has 0 spiro atoms. The van der Waals surface area contributed by atoms with E-state index in [4.69, 9.17) is 23.7 Å². The number of carbonyl (C=O) groups is 4. The Morgan fingerprint density at radius 3 is 1.97 bits per heavy atom. The van der Waals surface area contributed by atoms with E-state index in [1.54, 1.807) is 6.92 Å². The minimum atomic E-state index is -1.25. The molecule has 0 radical (unpaired) electrons. The summed E-state index contributed by atoms with van der Waals surface area (Å²) in [6, 6.07) is 0.